The summed E-state index contributed by atoms with van der Waals surface area (Å²) in [6.45, 7) is 1.72. The van der Waals surface area contributed by atoms with Crippen molar-refractivity contribution in [1.29, 1.82) is 5.26 Å². The number of nitro benzene ring substituents is 1. The van der Waals surface area contributed by atoms with Crippen LogP contribution in [-0.2, 0) is 4.79 Å². The number of non-ortho nitro benzene ring substituents is 1. The Morgan fingerprint density at radius 2 is 2.16 bits per heavy atom. The van der Waals surface area contributed by atoms with Gasteiger partial charge >= 0.3 is 0 Å². The number of ether oxygens (including phenoxy) is 1. The molecule has 7 heteroatoms. The van der Waals surface area contributed by atoms with Crippen LogP contribution in [0.25, 0.3) is 0 Å². The van der Waals surface area contributed by atoms with E-state index in [0.717, 1.165) is 0 Å². The number of rotatable bonds is 6. The van der Waals surface area contributed by atoms with Crippen LogP contribution in [0.3, 0.4) is 0 Å². The summed E-state index contributed by atoms with van der Waals surface area (Å²) >= 11 is 0. The van der Waals surface area contributed by atoms with Gasteiger partial charge in [0.1, 0.15) is 11.8 Å². The average Bonchev–Trinajstić information content (AvgIpc) is 2.39. The molecule has 0 fully saturated rings. The lowest BCUT2D eigenvalue weighted by Crippen LogP contribution is -2.32. The summed E-state index contributed by atoms with van der Waals surface area (Å²) in [6, 6.07) is 6.93. The predicted molar refractivity (Wildman–Crippen MR) is 66.4 cm³/mol. The third-order valence-electron chi connectivity index (χ3n) is 2.22. The first-order valence-electron chi connectivity index (χ1n) is 5.59. The molecule has 0 saturated carbocycles. The number of amides is 1. The number of nitro groups is 1. The first kappa shape index (κ1) is 14.4. The Kier molecular flexibility index (Phi) is 5.29. The van der Waals surface area contributed by atoms with E-state index >= 15 is 0 Å². The first-order chi connectivity index (χ1) is 9.02. The van der Waals surface area contributed by atoms with E-state index in [1.165, 1.54) is 24.3 Å². The molecule has 1 unspecified atom stereocenters. The van der Waals surface area contributed by atoms with Gasteiger partial charge in [-0.3, -0.25) is 14.9 Å². The molecule has 1 aromatic rings. The second kappa shape index (κ2) is 6.96. The third kappa shape index (κ3) is 5.04. The largest absolute Gasteiger partial charge is 0.493 e. The van der Waals surface area contributed by atoms with Crippen molar-refractivity contribution in [2.24, 2.45) is 0 Å². The zero-order chi connectivity index (χ0) is 14.3. The van der Waals surface area contributed by atoms with Gasteiger partial charge in [0.25, 0.3) is 5.69 Å². The lowest BCUT2D eigenvalue weighted by Gasteiger charge is -2.07. The lowest BCUT2D eigenvalue weighted by molar-refractivity contribution is -0.384. The van der Waals surface area contributed by atoms with Crippen LogP contribution in [0.5, 0.6) is 5.75 Å². The Bertz CT molecular complexity index is 493. The van der Waals surface area contributed by atoms with E-state index in [4.69, 9.17) is 10.00 Å². The second-order valence-electron chi connectivity index (χ2n) is 3.77. The Labute approximate surface area is 109 Å². The number of nitrogens with zero attached hydrogens (tertiary/aromatic N) is 2. The van der Waals surface area contributed by atoms with E-state index < -0.39 is 11.0 Å². The fraction of sp³-hybridized carbons (Fsp3) is 0.333. The topological polar surface area (TPSA) is 105 Å². The van der Waals surface area contributed by atoms with Crippen LogP contribution in [0, 0.1) is 21.4 Å². The SMILES string of the molecule is CC(C#N)NC(=O)CCOc1ccc([N+](=O)[O-])cc1. The highest BCUT2D eigenvalue weighted by atomic mass is 16.6. The maximum Gasteiger partial charge on any atom is 0.269 e. The van der Waals surface area contributed by atoms with Crippen molar-refractivity contribution in [3.05, 3.63) is 34.4 Å². The van der Waals surface area contributed by atoms with E-state index in [1.54, 1.807) is 6.92 Å². The third-order valence-corrected chi connectivity index (χ3v) is 2.22. The minimum atomic E-state index is -0.535. The fourth-order valence-corrected chi connectivity index (χ4v) is 1.27. The van der Waals surface area contributed by atoms with Crippen LogP contribution >= 0.6 is 0 Å². The molecule has 0 radical (unpaired) electrons. The summed E-state index contributed by atoms with van der Waals surface area (Å²) in [5, 5.41) is 21.4. The van der Waals surface area contributed by atoms with E-state index in [1.807, 2.05) is 6.07 Å². The van der Waals surface area contributed by atoms with Gasteiger partial charge in [0.15, 0.2) is 0 Å². The number of benzene rings is 1. The smallest absolute Gasteiger partial charge is 0.269 e. The number of hydrogen-bond donors (Lipinski definition) is 1. The summed E-state index contributed by atoms with van der Waals surface area (Å²) in [7, 11) is 0. The van der Waals surface area contributed by atoms with Gasteiger partial charge in [-0.2, -0.15) is 5.26 Å². The van der Waals surface area contributed by atoms with Crippen molar-refractivity contribution >= 4 is 11.6 Å². The molecule has 1 amide bonds. The van der Waals surface area contributed by atoms with Crippen molar-refractivity contribution in [2.45, 2.75) is 19.4 Å². The highest BCUT2D eigenvalue weighted by Gasteiger charge is 2.07. The lowest BCUT2D eigenvalue weighted by atomic mass is 10.3. The van der Waals surface area contributed by atoms with Crippen LogP contribution in [0.1, 0.15) is 13.3 Å². The molecule has 1 atom stereocenters. The highest BCUT2D eigenvalue weighted by Crippen LogP contribution is 2.17. The molecule has 0 aliphatic heterocycles. The average molecular weight is 263 g/mol. The summed E-state index contributed by atoms with van der Waals surface area (Å²) in [5.74, 6) is 0.169. The minimum absolute atomic E-state index is 0.0204. The van der Waals surface area contributed by atoms with Crippen molar-refractivity contribution in [1.82, 2.24) is 5.32 Å². The van der Waals surface area contributed by atoms with Crippen molar-refractivity contribution in [3.63, 3.8) is 0 Å². The predicted octanol–water partition coefficient (Wildman–Crippen LogP) is 1.39. The Morgan fingerprint density at radius 1 is 1.53 bits per heavy atom. The van der Waals surface area contributed by atoms with Crippen molar-refractivity contribution in [2.75, 3.05) is 6.61 Å². The molecule has 0 heterocycles. The summed E-state index contributed by atoms with van der Waals surface area (Å²) in [5.41, 5.74) is -0.0204. The zero-order valence-electron chi connectivity index (χ0n) is 10.3. The van der Waals surface area contributed by atoms with E-state index in [2.05, 4.69) is 5.32 Å². The van der Waals surface area contributed by atoms with E-state index in [9.17, 15) is 14.9 Å². The van der Waals surface area contributed by atoms with Crippen molar-refractivity contribution in [3.8, 4) is 11.8 Å². The molecule has 100 valence electrons. The van der Waals surface area contributed by atoms with Crippen LogP contribution < -0.4 is 10.1 Å². The summed E-state index contributed by atoms with van der Waals surface area (Å²) in [6.07, 6.45) is 0.114. The quantitative estimate of drug-likeness (QED) is 0.616. The van der Waals surface area contributed by atoms with Crippen LogP contribution in [0.15, 0.2) is 24.3 Å². The maximum atomic E-state index is 11.3. The number of hydrogen-bond acceptors (Lipinski definition) is 5. The highest BCUT2D eigenvalue weighted by molar-refractivity contribution is 5.76. The molecule has 0 aromatic heterocycles. The maximum absolute atomic E-state index is 11.3. The Hall–Kier alpha value is -2.62. The molecule has 1 rings (SSSR count). The normalized spacial score (nSPS) is 11.2. The van der Waals surface area contributed by atoms with Gasteiger partial charge in [0.05, 0.1) is 24.0 Å². The van der Waals surface area contributed by atoms with Gasteiger partial charge < -0.3 is 10.1 Å². The van der Waals surface area contributed by atoms with E-state index in [-0.39, 0.29) is 24.6 Å². The molecule has 7 nitrogen and oxygen atoms in total. The van der Waals surface area contributed by atoms with Crippen molar-refractivity contribution < 1.29 is 14.5 Å². The second-order valence-corrected chi connectivity index (χ2v) is 3.77. The monoisotopic (exact) mass is 263 g/mol. The number of nitrogens with one attached hydrogen (secondary N) is 1. The van der Waals surface area contributed by atoms with Crippen LogP contribution in [-0.4, -0.2) is 23.5 Å². The molecule has 0 spiro atoms. The minimum Gasteiger partial charge on any atom is -0.493 e. The standard InChI is InChI=1S/C12H13N3O4/c1-9(8-13)14-12(16)6-7-19-11-4-2-10(3-5-11)15(17)18/h2-5,9H,6-7H2,1H3,(H,14,16). The molecule has 0 aliphatic carbocycles. The van der Waals surface area contributed by atoms with Gasteiger partial charge in [-0.15, -0.1) is 0 Å². The molecule has 0 saturated heterocycles. The molecule has 0 bridgehead atoms. The van der Waals surface area contributed by atoms with Gasteiger partial charge in [-0.05, 0) is 19.1 Å². The molecular weight excluding hydrogens is 250 g/mol. The zero-order valence-corrected chi connectivity index (χ0v) is 10.3. The number of carbonyl (C=O) groups is 1. The van der Waals surface area contributed by atoms with Gasteiger partial charge in [0, 0.05) is 12.1 Å². The fourth-order valence-electron chi connectivity index (χ4n) is 1.27. The van der Waals surface area contributed by atoms with Crippen LogP contribution in [0.2, 0.25) is 0 Å². The summed E-state index contributed by atoms with van der Waals surface area (Å²) < 4.78 is 5.26. The first-order valence-corrected chi connectivity index (χ1v) is 5.59. The van der Waals surface area contributed by atoms with Gasteiger partial charge in [-0.1, -0.05) is 0 Å². The molecular formula is C12H13N3O4. The van der Waals surface area contributed by atoms with Gasteiger partial charge in [-0.25, -0.2) is 0 Å². The Balaban J connectivity index is 2.35. The number of carbonyl (C=O) groups excluding carboxylic acids is 1. The molecule has 1 N–H and O–H groups in total. The van der Waals surface area contributed by atoms with Gasteiger partial charge in [0.2, 0.25) is 5.91 Å². The van der Waals surface area contributed by atoms with E-state index in [0.29, 0.717) is 5.75 Å². The number of nitriles is 1. The Morgan fingerprint density at radius 3 is 2.68 bits per heavy atom. The molecule has 1 aromatic carbocycles. The van der Waals surface area contributed by atoms with Crippen LogP contribution in [0.4, 0.5) is 5.69 Å². The molecule has 19 heavy (non-hydrogen) atoms. The summed E-state index contributed by atoms with van der Waals surface area (Å²) in [4.78, 5) is 21.2. The molecule has 0 aliphatic rings.